The molecule has 0 unspecified atom stereocenters. The lowest BCUT2D eigenvalue weighted by atomic mass is 10.1. The molecule has 0 amide bonds. The number of carbonyl (C=O) groups excluding carboxylic acids is 1. The zero-order valence-corrected chi connectivity index (χ0v) is 11.4. The van der Waals surface area contributed by atoms with Crippen LogP contribution in [-0.2, 0) is 22.6 Å². The summed E-state index contributed by atoms with van der Waals surface area (Å²) in [5.74, 6) is 0.509. The number of ether oxygens (including phenoxy) is 1. The van der Waals surface area contributed by atoms with Crippen molar-refractivity contribution in [2.24, 2.45) is 11.8 Å². The van der Waals surface area contributed by atoms with Gasteiger partial charge >= 0.3 is 5.97 Å². The van der Waals surface area contributed by atoms with Gasteiger partial charge in [-0.15, -0.1) is 0 Å². The molecule has 3 rings (SSSR count). The Morgan fingerprint density at radius 1 is 0.950 bits per heavy atom. The summed E-state index contributed by atoms with van der Waals surface area (Å²) < 4.78 is 5.38. The highest BCUT2D eigenvalue weighted by Gasteiger charge is 2.43. The van der Waals surface area contributed by atoms with Crippen LogP contribution in [0.1, 0.15) is 17.5 Å². The molecular formula is C18H18O2. The first kappa shape index (κ1) is 12.9. The molecule has 2 aromatic carbocycles. The van der Waals surface area contributed by atoms with E-state index in [4.69, 9.17) is 4.74 Å². The standard InChI is InChI=1S/C18H18O2/c19-18(20-13-15-9-5-2-6-10-15)17-12-16(17)11-14-7-3-1-4-8-14/h1-10,16-17H,11-13H2/t16-,17-/m1/s1. The van der Waals surface area contributed by atoms with Crippen molar-refractivity contribution < 1.29 is 9.53 Å². The normalized spacial score (nSPS) is 20.4. The molecule has 1 fully saturated rings. The second-order valence-electron chi connectivity index (χ2n) is 5.39. The summed E-state index contributed by atoms with van der Waals surface area (Å²) in [6.45, 7) is 0.383. The zero-order chi connectivity index (χ0) is 13.8. The minimum atomic E-state index is -0.0465. The maximum Gasteiger partial charge on any atom is 0.309 e. The lowest BCUT2D eigenvalue weighted by Crippen LogP contribution is -2.08. The third-order valence-corrected chi connectivity index (χ3v) is 3.79. The Kier molecular flexibility index (Phi) is 3.82. The molecule has 0 aromatic heterocycles. The van der Waals surface area contributed by atoms with Crippen molar-refractivity contribution in [2.45, 2.75) is 19.4 Å². The van der Waals surface area contributed by atoms with E-state index in [9.17, 15) is 4.79 Å². The van der Waals surface area contributed by atoms with Gasteiger partial charge in [-0.25, -0.2) is 0 Å². The summed E-state index contributed by atoms with van der Waals surface area (Å²) in [6.07, 6.45) is 1.94. The fraction of sp³-hybridized carbons (Fsp3) is 0.278. The minimum Gasteiger partial charge on any atom is -0.461 e. The summed E-state index contributed by atoms with van der Waals surface area (Å²) in [7, 11) is 0. The van der Waals surface area contributed by atoms with Crippen molar-refractivity contribution in [1.29, 1.82) is 0 Å². The van der Waals surface area contributed by atoms with Gasteiger partial charge in [0.05, 0.1) is 5.92 Å². The van der Waals surface area contributed by atoms with Crippen LogP contribution in [0.25, 0.3) is 0 Å². The highest BCUT2D eigenvalue weighted by molar-refractivity contribution is 5.75. The summed E-state index contributed by atoms with van der Waals surface area (Å²) in [4.78, 5) is 12.0. The highest BCUT2D eigenvalue weighted by Crippen LogP contribution is 2.42. The zero-order valence-electron chi connectivity index (χ0n) is 11.4. The van der Waals surface area contributed by atoms with Crippen LogP contribution < -0.4 is 0 Å². The van der Waals surface area contributed by atoms with Crippen LogP contribution >= 0.6 is 0 Å². The first-order valence-electron chi connectivity index (χ1n) is 7.07. The minimum absolute atomic E-state index is 0.0465. The smallest absolute Gasteiger partial charge is 0.309 e. The molecule has 1 saturated carbocycles. The first-order chi connectivity index (χ1) is 9.83. The number of carbonyl (C=O) groups is 1. The van der Waals surface area contributed by atoms with E-state index in [0.717, 1.165) is 18.4 Å². The van der Waals surface area contributed by atoms with Crippen molar-refractivity contribution >= 4 is 5.97 Å². The van der Waals surface area contributed by atoms with Crippen molar-refractivity contribution in [3.05, 3.63) is 71.8 Å². The number of hydrogen-bond acceptors (Lipinski definition) is 2. The summed E-state index contributed by atoms with van der Waals surface area (Å²) >= 11 is 0. The largest absolute Gasteiger partial charge is 0.461 e. The highest BCUT2D eigenvalue weighted by atomic mass is 16.5. The molecule has 0 bridgehead atoms. The number of esters is 1. The van der Waals surface area contributed by atoms with Crippen molar-refractivity contribution in [1.82, 2.24) is 0 Å². The van der Waals surface area contributed by atoms with E-state index in [1.165, 1.54) is 5.56 Å². The molecular weight excluding hydrogens is 248 g/mol. The Labute approximate surface area is 119 Å². The van der Waals surface area contributed by atoms with Crippen molar-refractivity contribution in [2.75, 3.05) is 0 Å². The van der Waals surface area contributed by atoms with E-state index in [1.807, 2.05) is 48.5 Å². The van der Waals surface area contributed by atoms with Gasteiger partial charge in [-0.1, -0.05) is 60.7 Å². The average Bonchev–Trinajstić information content (AvgIpc) is 3.26. The SMILES string of the molecule is O=C(OCc1ccccc1)[C@@H]1C[C@H]1Cc1ccccc1. The Hall–Kier alpha value is -2.09. The van der Waals surface area contributed by atoms with Crippen LogP contribution in [0.15, 0.2) is 60.7 Å². The maximum absolute atomic E-state index is 12.0. The number of benzene rings is 2. The third kappa shape index (κ3) is 3.27. The molecule has 0 heterocycles. The molecule has 20 heavy (non-hydrogen) atoms. The molecule has 2 nitrogen and oxygen atoms in total. The average molecular weight is 266 g/mol. The first-order valence-corrected chi connectivity index (χ1v) is 7.07. The molecule has 2 atom stereocenters. The van der Waals surface area contributed by atoms with Crippen molar-refractivity contribution in [3.8, 4) is 0 Å². The predicted molar refractivity (Wildman–Crippen MR) is 78.0 cm³/mol. The molecule has 1 aliphatic rings. The molecule has 0 saturated heterocycles. The van der Waals surface area contributed by atoms with E-state index in [0.29, 0.717) is 12.5 Å². The Morgan fingerprint density at radius 2 is 1.55 bits per heavy atom. The Morgan fingerprint density at radius 3 is 2.20 bits per heavy atom. The van der Waals surface area contributed by atoms with Crippen LogP contribution in [0.2, 0.25) is 0 Å². The van der Waals surface area contributed by atoms with Gasteiger partial charge in [-0.3, -0.25) is 4.79 Å². The van der Waals surface area contributed by atoms with Gasteiger partial charge in [0.25, 0.3) is 0 Å². The predicted octanol–water partition coefficient (Wildman–Crippen LogP) is 3.61. The molecule has 0 aliphatic heterocycles. The van der Waals surface area contributed by atoms with E-state index in [2.05, 4.69) is 12.1 Å². The Balaban J connectivity index is 1.46. The van der Waals surface area contributed by atoms with Gasteiger partial charge in [0, 0.05) is 0 Å². The number of hydrogen-bond donors (Lipinski definition) is 0. The maximum atomic E-state index is 12.0. The second kappa shape index (κ2) is 5.91. The van der Waals surface area contributed by atoms with Crippen LogP contribution in [-0.4, -0.2) is 5.97 Å². The van der Waals surface area contributed by atoms with Gasteiger partial charge in [-0.2, -0.15) is 0 Å². The Bertz CT molecular complexity index is 562. The molecule has 102 valence electrons. The monoisotopic (exact) mass is 266 g/mol. The topological polar surface area (TPSA) is 26.3 Å². The van der Waals surface area contributed by atoms with Gasteiger partial charge in [0.2, 0.25) is 0 Å². The lowest BCUT2D eigenvalue weighted by Gasteiger charge is -2.04. The summed E-state index contributed by atoms with van der Waals surface area (Å²) in [6, 6.07) is 20.2. The molecule has 2 aromatic rings. The van der Waals surface area contributed by atoms with Crippen LogP contribution in [0, 0.1) is 11.8 Å². The van der Waals surface area contributed by atoms with Gasteiger partial charge < -0.3 is 4.74 Å². The quantitative estimate of drug-likeness (QED) is 0.773. The molecule has 0 N–H and O–H groups in total. The van der Waals surface area contributed by atoms with E-state index in [1.54, 1.807) is 0 Å². The van der Waals surface area contributed by atoms with Gasteiger partial charge in [0.15, 0.2) is 0 Å². The fourth-order valence-electron chi connectivity index (χ4n) is 2.51. The van der Waals surface area contributed by atoms with E-state index >= 15 is 0 Å². The van der Waals surface area contributed by atoms with Gasteiger partial charge in [-0.05, 0) is 29.9 Å². The fourth-order valence-corrected chi connectivity index (χ4v) is 2.51. The lowest BCUT2D eigenvalue weighted by molar-refractivity contribution is -0.146. The molecule has 2 heteroatoms. The second-order valence-corrected chi connectivity index (χ2v) is 5.39. The van der Waals surface area contributed by atoms with Crippen molar-refractivity contribution in [3.63, 3.8) is 0 Å². The van der Waals surface area contributed by atoms with E-state index < -0.39 is 0 Å². The van der Waals surface area contributed by atoms with Crippen LogP contribution in [0.3, 0.4) is 0 Å². The molecule has 0 spiro atoms. The molecule has 1 aliphatic carbocycles. The third-order valence-electron chi connectivity index (χ3n) is 3.79. The summed E-state index contributed by atoms with van der Waals surface area (Å²) in [5, 5.41) is 0. The van der Waals surface area contributed by atoms with Gasteiger partial charge in [0.1, 0.15) is 6.61 Å². The number of rotatable bonds is 5. The summed E-state index contributed by atoms with van der Waals surface area (Å²) in [5.41, 5.74) is 2.34. The van der Waals surface area contributed by atoms with Crippen LogP contribution in [0.5, 0.6) is 0 Å². The van der Waals surface area contributed by atoms with Crippen LogP contribution in [0.4, 0.5) is 0 Å². The van der Waals surface area contributed by atoms with E-state index in [-0.39, 0.29) is 11.9 Å². The molecule has 0 radical (unpaired) electrons.